The maximum Gasteiger partial charge on any atom is 0.227 e. The standard InChI is InChI=1S/C19H19FN4O/c20-16-6-2-1-5-15(16)13-18(25)23-11-8-14(9-12-23)19-22-21-17-7-3-4-10-24(17)19/h1-7,10,14H,8-9,11-13H2. The van der Waals surface area contributed by atoms with E-state index in [0.717, 1.165) is 24.3 Å². The van der Waals surface area contributed by atoms with Gasteiger partial charge in [0.15, 0.2) is 5.65 Å². The van der Waals surface area contributed by atoms with E-state index in [-0.39, 0.29) is 24.1 Å². The Morgan fingerprint density at radius 1 is 1.08 bits per heavy atom. The molecule has 0 N–H and O–H groups in total. The predicted molar refractivity (Wildman–Crippen MR) is 91.6 cm³/mol. The molecule has 0 unspecified atom stereocenters. The van der Waals surface area contributed by atoms with Crippen molar-refractivity contribution < 1.29 is 9.18 Å². The Balaban J connectivity index is 1.41. The van der Waals surface area contributed by atoms with Gasteiger partial charge in [-0.3, -0.25) is 9.20 Å². The third-order valence-electron chi connectivity index (χ3n) is 4.85. The van der Waals surface area contributed by atoms with Gasteiger partial charge in [0.1, 0.15) is 11.6 Å². The molecule has 0 atom stereocenters. The summed E-state index contributed by atoms with van der Waals surface area (Å²) < 4.78 is 15.7. The minimum Gasteiger partial charge on any atom is -0.342 e. The average Bonchev–Trinajstić information content (AvgIpc) is 3.08. The molecule has 25 heavy (non-hydrogen) atoms. The van der Waals surface area contributed by atoms with E-state index in [1.807, 2.05) is 33.7 Å². The number of hydrogen-bond donors (Lipinski definition) is 0. The number of fused-ring (bicyclic) bond motifs is 1. The van der Waals surface area contributed by atoms with Crippen LogP contribution in [0.2, 0.25) is 0 Å². The van der Waals surface area contributed by atoms with Crippen LogP contribution >= 0.6 is 0 Å². The number of benzene rings is 1. The monoisotopic (exact) mass is 338 g/mol. The number of carbonyl (C=O) groups excluding carboxylic acids is 1. The molecular formula is C19H19FN4O. The second-order valence-corrected chi connectivity index (χ2v) is 6.41. The number of pyridine rings is 1. The van der Waals surface area contributed by atoms with E-state index in [1.54, 1.807) is 18.2 Å². The van der Waals surface area contributed by atoms with Gasteiger partial charge in [-0.15, -0.1) is 10.2 Å². The lowest BCUT2D eigenvalue weighted by atomic mass is 9.95. The molecule has 1 amide bonds. The second kappa shape index (κ2) is 6.63. The zero-order chi connectivity index (χ0) is 17.2. The van der Waals surface area contributed by atoms with Crippen LogP contribution in [-0.4, -0.2) is 38.5 Å². The summed E-state index contributed by atoms with van der Waals surface area (Å²) in [5.74, 6) is 0.905. The quantitative estimate of drug-likeness (QED) is 0.738. The maximum absolute atomic E-state index is 13.7. The molecule has 1 saturated heterocycles. The number of amides is 1. The molecule has 4 rings (SSSR count). The molecule has 3 aromatic rings. The van der Waals surface area contributed by atoms with E-state index in [1.165, 1.54) is 6.07 Å². The van der Waals surface area contributed by atoms with Crippen LogP contribution in [0, 0.1) is 5.82 Å². The molecule has 0 spiro atoms. The van der Waals surface area contributed by atoms with Crippen LogP contribution in [0.3, 0.4) is 0 Å². The lowest BCUT2D eigenvalue weighted by molar-refractivity contribution is -0.131. The molecule has 6 heteroatoms. The van der Waals surface area contributed by atoms with Gasteiger partial charge in [-0.25, -0.2) is 4.39 Å². The average molecular weight is 338 g/mol. The Hall–Kier alpha value is -2.76. The number of rotatable bonds is 3. The first kappa shape index (κ1) is 15.7. The third-order valence-corrected chi connectivity index (χ3v) is 4.85. The number of nitrogens with zero attached hydrogens (tertiary/aromatic N) is 4. The SMILES string of the molecule is O=C(Cc1ccccc1F)N1CCC(c2nnc3ccccn23)CC1. The molecule has 0 saturated carbocycles. The first-order chi connectivity index (χ1) is 12.2. The normalized spacial score (nSPS) is 15.6. The molecule has 3 heterocycles. The topological polar surface area (TPSA) is 50.5 Å². The molecule has 0 bridgehead atoms. The highest BCUT2D eigenvalue weighted by Gasteiger charge is 2.27. The van der Waals surface area contributed by atoms with E-state index in [9.17, 15) is 9.18 Å². The lowest BCUT2D eigenvalue weighted by Crippen LogP contribution is -2.39. The van der Waals surface area contributed by atoms with Gasteiger partial charge in [0.2, 0.25) is 5.91 Å². The first-order valence-electron chi connectivity index (χ1n) is 8.53. The van der Waals surface area contributed by atoms with Crippen molar-refractivity contribution >= 4 is 11.6 Å². The van der Waals surface area contributed by atoms with Gasteiger partial charge in [-0.1, -0.05) is 24.3 Å². The van der Waals surface area contributed by atoms with Crippen LogP contribution in [0.15, 0.2) is 48.7 Å². The van der Waals surface area contributed by atoms with Crippen molar-refractivity contribution in [2.24, 2.45) is 0 Å². The molecule has 2 aromatic heterocycles. The third kappa shape index (κ3) is 3.12. The smallest absolute Gasteiger partial charge is 0.227 e. The Morgan fingerprint density at radius 2 is 1.84 bits per heavy atom. The fourth-order valence-corrected chi connectivity index (χ4v) is 3.44. The minimum atomic E-state index is -0.319. The van der Waals surface area contributed by atoms with Crippen molar-refractivity contribution in [1.82, 2.24) is 19.5 Å². The van der Waals surface area contributed by atoms with Crippen molar-refractivity contribution in [2.75, 3.05) is 13.1 Å². The molecule has 1 aliphatic heterocycles. The number of piperidine rings is 1. The van der Waals surface area contributed by atoms with E-state index >= 15 is 0 Å². The van der Waals surface area contributed by atoms with Gasteiger partial charge < -0.3 is 4.90 Å². The number of aromatic nitrogens is 3. The van der Waals surface area contributed by atoms with Gasteiger partial charge in [-0.2, -0.15) is 0 Å². The summed E-state index contributed by atoms with van der Waals surface area (Å²) in [7, 11) is 0. The highest BCUT2D eigenvalue weighted by atomic mass is 19.1. The summed E-state index contributed by atoms with van der Waals surface area (Å²) in [5.41, 5.74) is 1.30. The van der Waals surface area contributed by atoms with Crippen molar-refractivity contribution in [3.05, 3.63) is 65.9 Å². The lowest BCUT2D eigenvalue weighted by Gasteiger charge is -2.31. The van der Waals surface area contributed by atoms with Crippen LogP contribution in [-0.2, 0) is 11.2 Å². The van der Waals surface area contributed by atoms with Crippen molar-refractivity contribution in [1.29, 1.82) is 0 Å². The van der Waals surface area contributed by atoms with Crippen molar-refractivity contribution in [2.45, 2.75) is 25.2 Å². The summed E-state index contributed by atoms with van der Waals surface area (Å²) in [6.45, 7) is 1.33. The largest absolute Gasteiger partial charge is 0.342 e. The predicted octanol–water partition coefficient (Wildman–Crippen LogP) is 2.82. The summed E-state index contributed by atoms with van der Waals surface area (Å²) in [6.07, 6.45) is 3.78. The van der Waals surface area contributed by atoms with E-state index in [4.69, 9.17) is 0 Å². The summed E-state index contributed by atoms with van der Waals surface area (Å²) >= 11 is 0. The second-order valence-electron chi connectivity index (χ2n) is 6.41. The Labute approximate surface area is 145 Å². The van der Waals surface area contributed by atoms with E-state index in [2.05, 4.69) is 10.2 Å². The molecule has 0 aliphatic carbocycles. The van der Waals surface area contributed by atoms with Crippen molar-refractivity contribution in [3.63, 3.8) is 0 Å². The van der Waals surface area contributed by atoms with Crippen LogP contribution in [0.25, 0.3) is 5.65 Å². The fraction of sp³-hybridized carbons (Fsp3) is 0.316. The molecule has 128 valence electrons. The molecular weight excluding hydrogens is 319 g/mol. The minimum absolute atomic E-state index is 0.0188. The number of halogens is 1. The van der Waals surface area contributed by atoms with Gasteiger partial charge in [0, 0.05) is 25.2 Å². The van der Waals surface area contributed by atoms with Gasteiger partial charge >= 0.3 is 0 Å². The first-order valence-corrected chi connectivity index (χ1v) is 8.53. The molecule has 5 nitrogen and oxygen atoms in total. The molecule has 0 radical (unpaired) electrons. The molecule has 1 fully saturated rings. The maximum atomic E-state index is 13.7. The van der Waals surface area contributed by atoms with Crippen LogP contribution in [0.5, 0.6) is 0 Å². The Kier molecular flexibility index (Phi) is 4.17. The Morgan fingerprint density at radius 3 is 2.64 bits per heavy atom. The van der Waals surface area contributed by atoms with Crippen LogP contribution in [0.4, 0.5) is 4.39 Å². The summed E-state index contributed by atoms with van der Waals surface area (Å²) in [5, 5.41) is 8.53. The summed E-state index contributed by atoms with van der Waals surface area (Å²) in [6, 6.07) is 12.3. The van der Waals surface area contributed by atoms with E-state index in [0.29, 0.717) is 18.7 Å². The van der Waals surface area contributed by atoms with E-state index < -0.39 is 0 Å². The summed E-state index contributed by atoms with van der Waals surface area (Å²) in [4.78, 5) is 14.3. The van der Waals surface area contributed by atoms with Gasteiger partial charge in [0.25, 0.3) is 0 Å². The highest BCUT2D eigenvalue weighted by molar-refractivity contribution is 5.79. The van der Waals surface area contributed by atoms with Crippen LogP contribution in [0.1, 0.15) is 30.1 Å². The van der Waals surface area contributed by atoms with Gasteiger partial charge in [0.05, 0.1) is 6.42 Å². The number of carbonyl (C=O) groups is 1. The molecule has 1 aromatic carbocycles. The van der Waals surface area contributed by atoms with Crippen molar-refractivity contribution in [3.8, 4) is 0 Å². The molecule has 1 aliphatic rings. The van der Waals surface area contributed by atoms with Gasteiger partial charge in [-0.05, 0) is 36.6 Å². The number of hydrogen-bond acceptors (Lipinski definition) is 3. The highest BCUT2D eigenvalue weighted by Crippen LogP contribution is 2.27. The zero-order valence-corrected chi connectivity index (χ0v) is 13.8. The van der Waals surface area contributed by atoms with Crippen LogP contribution < -0.4 is 0 Å². The zero-order valence-electron chi connectivity index (χ0n) is 13.8. The fourth-order valence-electron chi connectivity index (χ4n) is 3.44. The Bertz CT molecular complexity index is 899. The number of likely N-dealkylation sites (tertiary alicyclic amines) is 1.